The number of phenols is 2. The van der Waals surface area contributed by atoms with Crippen molar-refractivity contribution in [3.8, 4) is 34.4 Å². The average Bonchev–Trinajstić information content (AvgIpc) is 3.58. The van der Waals surface area contributed by atoms with Crippen LogP contribution in [0.15, 0.2) is 72.8 Å². The molecule has 0 saturated carbocycles. The fourth-order valence-corrected chi connectivity index (χ4v) is 4.79. The zero-order valence-corrected chi connectivity index (χ0v) is 23.8. The Labute approximate surface area is 250 Å². The first-order valence-corrected chi connectivity index (χ1v) is 14.2. The molecule has 6 aromatic rings. The number of benzene rings is 4. The molecule has 4 aromatic carbocycles. The van der Waals surface area contributed by atoms with Gasteiger partial charge in [-0.05, 0) is 86.3 Å². The van der Waals surface area contributed by atoms with Gasteiger partial charge in [0, 0.05) is 22.2 Å². The molecule has 10 nitrogen and oxygen atoms in total. The molecule has 0 radical (unpaired) electrons. The highest BCUT2D eigenvalue weighted by Gasteiger charge is 2.12. The van der Waals surface area contributed by atoms with Crippen molar-refractivity contribution in [1.29, 1.82) is 0 Å². The molecular weight excluding hydrogens is 579 g/mol. The van der Waals surface area contributed by atoms with Crippen molar-refractivity contribution in [3.05, 3.63) is 82.8 Å². The molecular formula is C30H26Cl2N6O4. The van der Waals surface area contributed by atoms with E-state index in [1.54, 1.807) is 72.8 Å². The van der Waals surface area contributed by atoms with E-state index >= 15 is 0 Å². The van der Waals surface area contributed by atoms with Crippen LogP contribution in [-0.2, 0) is 0 Å². The van der Waals surface area contributed by atoms with Gasteiger partial charge in [-0.3, -0.25) is 0 Å². The summed E-state index contributed by atoms with van der Waals surface area (Å²) in [5.74, 6) is 1.19. The molecule has 12 heteroatoms. The molecule has 0 spiro atoms. The number of ether oxygens (including phenoxy) is 2. The van der Waals surface area contributed by atoms with Gasteiger partial charge in [0.05, 0.1) is 13.2 Å². The number of hydrogen-bond acceptors (Lipinski definition) is 8. The summed E-state index contributed by atoms with van der Waals surface area (Å²) in [5.41, 5.74) is 3.57. The molecule has 0 saturated heterocycles. The van der Waals surface area contributed by atoms with Gasteiger partial charge in [0.1, 0.15) is 56.4 Å². The third kappa shape index (κ3) is 6.19. The van der Waals surface area contributed by atoms with E-state index in [0.29, 0.717) is 68.2 Å². The normalized spacial score (nSPS) is 11.4. The van der Waals surface area contributed by atoms with Crippen LogP contribution < -0.4 is 9.47 Å². The maximum absolute atomic E-state index is 10.5. The summed E-state index contributed by atoms with van der Waals surface area (Å²) in [6.07, 6.45) is 3.65. The van der Waals surface area contributed by atoms with Gasteiger partial charge in [-0.15, -0.1) is 30.0 Å². The molecule has 2 N–H and O–H groups in total. The zero-order valence-electron chi connectivity index (χ0n) is 22.3. The molecule has 2 aromatic heterocycles. The van der Waals surface area contributed by atoms with Gasteiger partial charge in [0.15, 0.2) is 0 Å². The second-order valence-electron chi connectivity index (χ2n) is 9.66. The largest absolute Gasteiger partial charge is 0.505 e. The van der Waals surface area contributed by atoms with Crippen LogP contribution in [0.3, 0.4) is 0 Å². The summed E-state index contributed by atoms with van der Waals surface area (Å²) >= 11 is 12.0. The highest BCUT2D eigenvalue weighted by Crippen LogP contribution is 2.29. The minimum absolute atomic E-state index is 0.0225. The second kappa shape index (κ2) is 12.1. The predicted octanol–water partition coefficient (Wildman–Crippen LogP) is 6.89. The first-order valence-electron chi connectivity index (χ1n) is 13.4. The standard InChI is InChI=1S/C30H26Cl2N6O4/c31-19-5-9-23-25(15-19)35-37(33-23)27-11-7-21(17-29(27)39)41-13-3-1-2-4-14-42-22-8-12-28(30(40)18-22)38-34-24-10-6-20(32)16-26(24)36-38/h5-12,15-18,39-40H,1-4,13-14H2. The third-order valence-electron chi connectivity index (χ3n) is 6.59. The van der Waals surface area contributed by atoms with Gasteiger partial charge in [-0.1, -0.05) is 23.2 Å². The van der Waals surface area contributed by atoms with E-state index < -0.39 is 0 Å². The van der Waals surface area contributed by atoms with Crippen molar-refractivity contribution in [2.24, 2.45) is 0 Å². The Morgan fingerprint density at radius 2 is 0.952 bits per heavy atom. The van der Waals surface area contributed by atoms with Crippen molar-refractivity contribution >= 4 is 45.3 Å². The van der Waals surface area contributed by atoms with Crippen molar-refractivity contribution in [3.63, 3.8) is 0 Å². The highest BCUT2D eigenvalue weighted by atomic mass is 35.5. The van der Waals surface area contributed by atoms with Crippen LogP contribution in [0.2, 0.25) is 10.0 Å². The second-order valence-corrected chi connectivity index (χ2v) is 10.5. The molecule has 0 fully saturated rings. The first kappa shape index (κ1) is 27.6. The topological polar surface area (TPSA) is 120 Å². The van der Waals surface area contributed by atoms with Crippen molar-refractivity contribution in [2.45, 2.75) is 25.7 Å². The lowest BCUT2D eigenvalue weighted by molar-refractivity contribution is 0.286. The SMILES string of the molecule is Oc1cc(OCCCCCCOc2ccc(-n3nc4ccc(Cl)cc4n3)c(O)c2)ccc1-n1nc2ccc(Cl)cc2n1. The number of aromatic nitrogens is 6. The van der Waals surface area contributed by atoms with E-state index in [1.807, 2.05) is 0 Å². The van der Waals surface area contributed by atoms with Gasteiger partial charge in [-0.2, -0.15) is 0 Å². The monoisotopic (exact) mass is 604 g/mol. The molecule has 6 rings (SSSR count). The lowest BCUT2D eigenvalue weighted by atomic mass is 10.2. The van der Waals surface area contributed by atoms with Crippen LogP contribution in [0.5, 0.6) is 23.0 Å². The number of rotatable bonds is 11. The number of aromatic hydroxyl groups is 2. The quantitative estimate of drug-likeness (QED) is 0.153. The van der Waals surface area contributed by atoms with Crippen LogP contribution in [0.1, 0.15) is 25.7 Å². The molecule has 0 amide bonds. The van der Waals surface area contributed by atoms with E-state index in [4.69, 9.17) is 32.7 Å². The molecule has 0 atom stereocenters. The Morgan fingerprint density at radius 1 is 0.524 bits per heavy atom. The van der Waals surface area contributed by atoms with Gasteiger partial charge in [0.25, 0.3) is 0 Å². The summed E-state index contributed by atoms with van der Waals surface area (Å²) in [4.78, 5) is 2.76. The number of unbranched alkanes of at least 4 members (excludes halogenated alkanes) is 3. The Kier molecular flexibility index (Phi) is 7.98. The fraction of sp³-hybridized carbons (Fsp3) is 0.200. The molecule has 0 unspecified atom stereocenters. The van der Waals surface area contributed by atoms with E-state index in [9.17, 15) is 10.2 Å². The van der Waals surface area contributed by atoms with Gasteiger partial charge in [-0.25, -0.2) is 0 Å². The van der Waals surface area contributed by atoms with E-state index in [1.165, 1.54) is 9.59 Å². The molecule has 2 heterocycles. The molecule has 0 aliphatic rings. The van der Waals surface area contributed by atoms with Gasteiger partial charge < -0.3 is 19.7 Å². The first-order chi connectivity index (χ1) is 20.4. The number of nitrogens with zero attached hydrogens (tertiary/aromatic N) is 6. The van der Waals surface area contributed by atoms with Crippen molar-refractivity contribution in [2.75, 3.05) is 13.2 Å². The lowest BCUT2D eigenvalue weighted by Crippen LogP contribution is -2.02. The number of hydrogen-bond donors (Lipinski definition) is 2. The van der Waals surface area contributed by atoms with Gasteiger partial charge >= 0.3 is 0 Å². The predicted molar refractivity (Wildman–Crippen MR) is 161 cm³/mol. The van der Waals surface area contributed by atoms with Crippen LogP contribution in [0.25, 0.3) is 33.4 Å². The van der Waals surface area contributed by atoms with E-state index in [-0.39, 0.29) is 11.5 Å². The maximum Gasteiger partial charge on any atom is 0.146 e. The van der Waals surface area contributed by atoms with Crippen molar-refractivity contribution in [1.82, 2.24) is 30.0 Å². The molecule has 0 aliphatic carbocycles. The summed E-state index contributed by atoms with van der Waals surface area (Å²) in [7, 11) is 0. The summed E-state index contributed by atoms with van der Waals surface area (Å²) in [6.45, 7) is 1.06. The molecule has 214 valence electrons. The Morgan fingerprint density at radius 3 is 1.38 bits per heavy atom. The van der Waals surface area contributed by atoms with Crippen LogP contribution >= 0.6 is 23.2 Å². The molecule has 0 aliphatic heterocycles. The Balaban J connectivity index is 0.918. The minimum Gasteiger partial charge on any atom is -0.505 e. The Hall–Kier alpha value is -4.54. The molecule has 0 bridgehead atoms. The third-order valence-corrected chi connectivity index (χ3v) is 7.06. The zero-order chi connectivity index (χ0) is 29.1. The molecule has 42 heavy (non-hydrogen) atoms. The smallest absolute Gasteiger partial charge is 0.146 e. The maximum atomic E-state index is 10.5. The lowest BCUT2D eigenvalue weighted by Gasteiger charge is -2.10. The van der Waals surface area contributed by atoms with Crippen LogP contribution in [-0.4, -0.2) is 53.4 Å². The van der Waals surface area contributed by atoms with Gasteiger partial charge in [0.2, 0.25) is 0 Å². The van der Waals surface area contributed by atoms with E-state index in [0.717, 1.165) is 25.7 Å². The van der Waals surface area contributed by atoms with Crippen LogP contribution in [0.4, 0.5) is 0 Å². The van der Waals surface area contributed by atoms with E-state index in [2.05, 4.69) is 20.4 Å². The number of fused-ring (bicyclic) bond motifs is 2. The van der Waals surface area contributed by atoms with Crippen molar-refractivity contribution < 1.29 is 19.7 Å². The summed E-state index contributed by atoms with van der Waals surface area (Å²) < 4.78 is 11.6. The highest BCUT2D eigenvalue weighted by molar-refractivity contribution is 6.31. The summed E-state index contributed by atoms with van der Waals surface area (Å²) in [6, 6.07) is 20.6. The fourth-order valence-electron chi connectivity index (χ4n) is 4.45. The number of phenolic OH excluding ortho intramolecular Hbond substituents is 2. The number of halogens is 2. The summed E-state index contributed by atoms with van der Waals surface area (Å²) in [5, 5.41) is 39.7. The van der Waals surface area contributed by atoms with Crippen LogP contribution in [0, 0.1) is 0 Å². The average molecular weight is 605 g/mol. The minimum atomic E-state index is 0.0225. The Bertz CT molecular complexity index is 1740.